The molecular weight excluding hydrogens is 228 g/mol. The molecular formula is C9H8F4N2O. The molecule has 0 aromatic carbocycles. The maximum Gasteiger partial charge on any atom is 0.282 e. The number of carbonyl (C=O) groups excluding carboxylic acids is 1. The summed E-state index contributed by atoms with van der Waals surface area (Å²) in [5.41, 5.74) is -1.47. The maximum absolute atomic E-state index is 12.4. The van der Waals surface area contributed by atoms with E-state index in [0.717, 1.165) is 6.08 Å². The van der Waals surface area contributed by atoms with Gasteiger partial charge in [-0.1, -0.05) is 6.58 Å². The standard InChI is InChI=1S/C9H8F4N2O/c1-2-5(16)4-15-7(9(12)13)3-6(14-15)8(10)11/h2-3,8-9H,1,4H2. The highest BCUT2D eigenvalue weighted by atomic mass is 19.3. The summed E-state index contributed by atoms with van der Waals surface area (Å²) in [6.45, 7) is 2.63. The molecule has 0 radical (unpaired) electrons. The van der Waals surface area contributed by atoms with E-state index in [1.165, 1.54) is 0 Å². The van der Waals surface area contributed by atoms with Crippen LogP contribution in [0.2, 0.25) is 0 Å². The van der Waals surface area contributed by atoms with Crippen LogP contribution >= 0.6 is 0 Å². The molecule has 0 fully saturated rings. The minimum Gasteiger partial charge on any atom is -0.293 e. The van der Waals surface area contributed by atoms with Gasteiger partial charge in [-0.2, -0.15) is 5.10 Å². The summed E-state index contributed by atoms with van der Waals surface area (Å²) in [5.74, 6) is -0.578. The lowest BCUT2D eigenvalue weighted by Crippen LogP contribution is -2.12. The van der Waals surface area contributed by atoms with Crippen molar-refractivity contribution in [3.8, 4) is 0 Å². The first kappa shape index (κ1) is 12.4. The van der Waals surface area contributed by atoms with E-state index in [9.17, 15) is 22.4 Å². The third-order valence-electron chi connectivity index (χ3n) is 1.81. The second-order valence-electron chi connectivity index (χ2n) is 2.92. The molecule has 0 aliphatic carbocycles. The maximum atomic E-state index is 12.4. The number of aromatic nitrogens is 2. The van der Waals surface area contributed by atoms with E-state index < -0.39 is 36.6 Å². The van der Waals surface area contributed by atoms with Crippen molar-refractivity contribution < 1.29 is 22.4 Å². The fourth-order valence-electron chi connectivity index (χ4n) is 1.07. The molecule has 1 aromatic rings. The lowest BCUT2D eigenvalue weighted by Gasteiger charge is -2.03. The summed E-state index contributed by atoms with van der Waals surface area (Å²) in [4.78, 5) is 10.9. The Morgan fingerprint density at radius 1 is 1.44 bits per heavy atom. The molecule has 0 saturated heterocycles. The summed E-state index contributed by atoms with van der Waals surface area (Å²) in [6.07, 6.45) is -4.99. The molecule has 16 heavy (non-hydrogen) atoms. The number of hydrogen-bond donors (Lipinski definition) is 0. The van der Waals surface area contributed by atoms with Gasteiger partial charge >= 0.3 is 0 Å². The zero-order valence-corrected chi connectivity index (χ0v) is 8.04. The predicted molar refractivity (Wildman–Crippen MR) is 47.3 cm³/mol. The molecule has 0 atom stereocenters. The quantitative estimate of drug-likeness (QED) is 0.581. The Labute approximate surface area is 88.4 Å². The minimum absolute atomic E-state index is 0.518. The van der Waals surface area contributed by atoms with Crippen LogP contribution in [0.1, 0.15) is 24.2 Å². The highest BCUT2D eigenvalue weighted by molar-refractivity contribution is 5.88. The van der Waals surface area contributed by atoms with Gasteiger partial charge in [-0.15, -0.1) is 0 Å². The Morgan fingerprint density at radius 3 is 2.50 bits per heavy atom. The minimum atomic E-state index is -2.96. The first-order valence-electron chi connectivity index (χ1n) is 4.25. The molecule has 88 valence electrons. The van der Waals surface area contributed by atoms with Gasteiger partial charge < -0.3 is 0 Å². The van der Waals surface area contributed by atoms with Crippen molar-refractivity contribution in [3.05, 3.63) is 30.1 Å². The molecule has 1 aromatic heterocycles. The molecule has 0 bridgehead atoms. The van der Waals surface area contributed by atoms with Gasteiger partial charge in [-0.25, -0.2) is 17.6 Å². The number of alkyl halides is 4. The van der Waals surface area contributed by atoms with Gasteiger partial charge in [0.05, 0.1) is 0 Å². The summed E-state index contributed by atoms with van der Waals surface area (Å²) in [6, 6.07) is 0.589. The van der Waals surface area contributed by atoms with Crippen LogP contribution in [-0.4, -0.2) is 15.6 Å². The topological polar surface area (TPSA) is 34.9 Å². The van der Waals surface area contributed by atoms with E-state index >= 15 is 0 Å². The lowest BCUT2D eigenvalue weighted by atomic mass is 10.3. The van der Waals surface area contributed by atoms with Gasteiger partial charge in [-0.05, 0) is 12.1 Å². The summed E-state index contributed by atoms with van der Waals surface area (Å²) < 4.78 is 49.8. The molecule has 3 nitrogen and oxygen atoms in total. The predicted octanol–water partition coefficient (Wildman–Crippen LogP) is 2.51. The van der Waals surface area contributed by atoms with Crippen molar-refractivity contribution in [2.75, 3.05) is 0 Å². The van der Waals surface area contributed by atoms with Crippen molar-refractivity contribution in [1.82, 2.24) is 9.78 Å². The second kappa shape index (κ2) is 4.91. The molecule has 7 heteroatoms. The average Bonchev–Trinajstić information content (AvgIpc) is 2.61. The number of nitrogens with zero attached hydrogens (tertiary/aromatic N) is 2. The first-order chi connectivity index (χ1) is 7.45. The van der Waals surface area contributed by atoms with Gasteiger partial charge in [0.25, 0.3) is 12.9 Å². The van der Waals surface area contributed by atoms with Crippen LogP contribution in [0, 0.1) is 0 Å². The van der Waals surface area contributed by atoms with E-state index in [2.05, 4.69) is 11.7 Å². The summed E-state index contributed by atoms with van der Waals surface area (Å²) in [7, 11) is 0. The SMILES string of the molecule is C=CC(=O)Cn1nc(C(F)F)cc1C(F)F. The monoisotopic (exact) mass is 236 g/mol. The molecule has 1 rings (SSSR count). The molecule has 0 spiro atoms. The Balaban J connectivity index is 3.05. The molecule has 1 heterocycles. The van der Waals surface area contributed by atoms with Crippen molar-refractivity contribution >= 4 is 5.78 Å². The molecule has 0 aliphatic rings. The van der Waals surface area contributed by atoms with E-state index in [0.29, 0.717) is 10.7 Å². The van der Waals surface area contributed by atoms with Crippen LogP contribution in [-0.2, 0) is 11.3 Å². The first-order valence-corrected chi connectivity index (χ1v) is 4.25. The lowest BCUT2D eigenvalue weighted by molar-refractivity contribution is -0.115. The smallest absolute Gasteiger partial charge is 0.282 e. The van der Waals surface area contributed by atoms with Crippen LogP contribution in [0.25, 0.3) is 0 Å². The molecule has 0 unspecified atom stereocenters. The summed E-state index contributed by atoms with van der Waals surface area (Å²) in [5, 5.41) is 3.24. The fraction of sp³-hybridized carbons (Fsp3) is 0.333. The zero-order valence-electron chi connectivity index (χ0n) is 8.04. The number of allylic oxidation sites excluding steroid dienone is 1. The van der Waals surface area contributed by atoms with Gasteiger partial charge in [0.2, 0.25) is 0 Å². The third kappa shape index (κ3) is 2.68. The van der Waals surface area contributed by atoms with Crippen molar-refractivity contribution in [3.63, 3.8) is 0 Å². The van der Waals surface area contributed by atoms with Crippen molar-refractivity contribution in [2.45, 2.75) is 19.4 Å². The largest absolute Gasteiger partial charge is 0.293 e. The second-order valence-corrected chi connectivity index (χ2v) is 2.92. The summed E-state index contributed by atoms with van der Waals surface area (Å²) >= 11 is 0. The van der Waals surface area contributed by atoms with E-state index in [4.69, 9.17) is 0 Å². The Hall–Kier alpha value is -1.66. The van der Waals surface area contributed by atoms with Crippen molar-refractivity contribution in [2.24, 2.45) is 0 Å². The number of hydrogen-bond acceptors (Lipinski definition) is 2. The van der Waals surface area contributed by atoms with Crippen LogP contribution < -0.4 is 0 Å². The molecule has 0 amide bonds. The van der Waals surface area contributed by atoms with E-state index in [-0.39, 0.29) is 0 Å². The van der Waals surface area contributed by atoms with E-state index in [1.54, 1.807) is 0 Å². The Kier molecular flexibility index (Phi) is 3.81. The van der Waals surface area contributed by atoms with Gasteiger partial charge in [-0.3, -0.25) is 9.48 Å². The number of ketones is 1. The van der Waals surface area contributed by atoms with Crippen LogP contribution in [0.5, 0.6) is 0 Å². The average molecular weight is 236 g/mol. The zero-order chi connectivity index (χ0) is 12.3. The Bertz CT molecular complexity index is 400. The normalized spacial score (nSPS) is 11.1. The van der Waals surface area contributed by atoms with Gasteiger partial charge in [0, 0.05) is 0 Å². The van der Waals surface area contributed by atoms with E-state index in [1.807, 2.05) is 0 Å². The highest BCUT2D eigenvalue weighted by Crippen LogP contribution is 2.24. The Morgan fingerprint density at radius 2 is 2.06 bits per heavy atom. The number of carbonyl (C=O) groups is 1. The highest BCUT2D eigenvalue weighted by Gasteiger charge is 2.21. The number of rotatable bonds is 5. The number of halogens is 4. The molecule has 0 aliphatic heterocycles. The molecule has 0 N–H and O–H groups in total. The van der Waals surface area contributed by atoms with Crippen LogP contribution in [0.3, 0.4) is 0 Å². The molecule has 0 saturated carbocycles. The van der Waals surface area contributed by atoms with Crippen LogP contribution in [0.15, 0.2) is 18.7 Å². The van der Waals surface area contributed by atoms with Gasteiger partial charge in [0.1, 0.15) is 17.9 Å². The van der Waals surface area contributed by atoms with Crippen LogP contribution in [0.4, 0.5) is 17.6 Å². The van der Waals surface area contributed by atoms with Crippen molar-refractivity contribution in [1.29, 1.82) is 0 Å². The third-order valence-corrected chi connectivity index (χ3v) is 1.81. The van der Waals surface area contributed by atoms with Gasteiger partial charge in [0.15, 0.2) is 5.78 Å². The fourth-order valence-corrected chi connectivity index (χ4v) is 1.07.